The Morgan fingerprint density at radius 3 is 2.87 bits per heavy atom. The SMILES string of the molecule is O=C(O)C1=C(CO)CS[C@@H]2[C@@H](Cl)C(=O)N12. The summed E-state index contributed by atoms with van der Waals surface area (Å²) in [6.07, 6.45) is 0. The zero-order chi connectivity index (χ0) is 11.2. The molecule has 0 saturated carbocycles. The zero-order valence-corrected chi connectivity index (χ0v) is 9.09. The molecular weight excluding hydrogens is 242 g/mol. The van der Waals surface area contributed by atoms with E-state index in [-0.39, 0.29) is 17.7 Å². The Kier molecular flexibility index (Phi) is 2.66. The van der Waals surface area contributed by atoms with E-state index in [1.165, 1.54) is 11.8 Å². The number of carboxylic acid groups (broad SMARTS) is 1. The van der Waals surface area contributed by atoms with Crippen LogP contribution in [0.25, 0.3) is 0 Å². The molecule has 1 saturated heterocycles. The lowest BCUT2D eigenvalue weighted by Crippen LogP contribution is -2.62. The van der Waals surface area contributed by atoms with Gasteiger partial charge in [-0.25, -0.2) is 4.79 Å². The first kappa shape index (κ1) is 10.8. The van der Waals surface area contributed by atoms with E-state index in [2.05, 4.69) is 0 Å². The average molecular weight is 250 g/mol. The number of thioether (sulfide) groups is 1. The van der Waals surface area contributed by atoms with Crippen molar-refractivity contribution in [1.29, 1.82) is 0 Å². The van der Waals surface area contributed by atoms with Crippen molar-refractivity contribution in [3.63, 3.8) is 0 Å². The number of carbonyl (C=O) groups is 2. The Hall–Kier alpha value is -0.720. The van der Waals surface area contributed by atoms with Gasteiger partial charge in [0.1, 0.15) is 16.4 Å². The highest BCUT2D eigenvalue weighted by Gasteiger charge is 2.52. The van der Waals surface area contributed by atoms with Gasteiger partial charge in [0.2, 0.25) is 5.91 Å². The van der Waals surface area contributed by atoms with Crippen LogP contribution in [0.15, 0.2) is 11.3 Å². The normalized spacial score (nSPS) is 30.0. The number of carbonyl (C=O) groups excluding carboxylic acids is 1. The second-order valence-electron chi connectivity index (χ2n) is 3.23. The minimum atomic E-state index is -1.19. The molecule has 1 amide bonds. The van der Waals surface area contributed by atoms with Gasteiger partial charge in [0, 0.05) is 5.75 Å². The van der Waals surface area contributed by atoms with Gasteiger partial charge in [-0.1, -0.05) is 0 Å². The Morgan fingerprint density at radius 1 is 1.67 bits per heavy atom. The third-order valence-electron chi connectivity index (χ3n) is 2.38. The Balaban J connectivity index is 2.38. The van der Waals surface area contributed by atoms with Crippen molar-refractivity contribution >= 4 is 35.2 Å². The predicted molar refractivity (Wildman–Crippen MR) is 54.5 cm³/mol. The van der Waals surface area contributed by atoms with Gasteiger partial charge in [0.05, 0.1) is 6.61 Å². The lowest BCUT2D eigenvalue weighted by atomic mass is 10.1. The van der Waals surface area contributed by atoms with Crippen LogP contribution in [0.2, 0.25) is 0 Å². The molecule has 0 aromatic heterocycles. The lowest BCUT2D eigenvalue weighted by Gasteiger charge is -2.46. The highest BCUT2D eigenvalue weighted by Crippen LogP contribution is 2.42. The Labute approximate surface area is 94.7 Å². The summed E-state index contributed by atoms with van der Waals surface area (Å²) in [5, 5.41) is 17.0. The van der Waals surface area contributed by atoms with Crippen molar-refractivity contribution < 1.29 is 19.8 Å². The van der Waals surface area contributed by atoms with Crippen LogP contribution in [0.1, 0.15) is 0 Å². The van der Waals surface area contributed by atoms with Crippen molar-refractivity contribution in [3.05, 3.63) is 11.3 Å². The number of hydrogen-bond donors (Lipinski definition) is 2. The van der Waals surface area contributed by atoms with E-state index in [1.807, 2.05) is 0 Å². The molecule has 2 aliphatic heterocycles. The monoisotopic (exact) mass is 249 g/mol. The Bertz CT molecular complexity index is 370. The number of β-lactam (4-membered cyclic amide) rings is 1. The van der Waals surface area contributed by atoms with E-state index in [9.17, 15) is 9.59 Å². The second kappa shape index (κ2) is 3.70. The number of hydrogen-bond acceptors (Lipinski definition) is 4. The van der Waals surface area contributed by atoms with Crippen molar-refractivity contribution in [2.24, 2.45) is 0 Å². The van der Waals surface area contributed by atoms with E-state index in [0.29, 0.717) is 11.3 Å². The molecule has 0 spiro atoms. The number of carboxylic acids is 1. The molecular formula is C8H8ClNO4S. The fraction of sp³-hybridized carbons (Fsp3) is 0.500. The molecule has 2 aliphatic rings. The minimum absolute atomic E-state index is 0.108. The molecule has 1 fully saturated rings. The topological polar surface area (TPSA) is 77.8 Å². The van der Waals surface area contributed by atoms with Gasteiger partial charge in [0.15, 0.2) is 0 Å². The molecule has 0 unspecified atom stereocenters. The van der Waals surface area contributed by atoms with Crippen LogP contribution >= 0.6 is 23.4 Å². The van der Waals surface area contributed by atoms with Gasteiger partial charge in [-0.2, -0.15) is 0 Å². The van der Waals surface area contributed by atoms with E-state index in [0.717, 1.165) is 4.90 Å². The molecule has 2 N–H and O–H groups in total. The first-order chi connectivity index (χ1) is 7.07. The quantitative estimate of drug-likeness (QED) is 0.525. The number of aliphatic hydroxyl groups excluding tert-OH is 1. The number of aliphatic hydroxyl groups is 1. The maximum atomic E-state index is 11.4. The lowest BCUT2D eigenvalue weighted by molar-refractivity contribution is -0.145. The number of rotatable bonds is 2. The van der Waals surface area contributed by atoms with Crippen molar-refractivity contribution in [2.45, 2.75) is 10.8 Å². The van der Waals surface area contributed by atoms with Gasteiger partial charge < -0.3 is 10.2 Å². The van der Waals surface area contributed by atoms with Gasteiger partial charge in [-0.05, 0) is 5.57 Å². The van der Waals surface area contributed by atoms with Gasteiger partial charge in [0.25, 0.3) is 0 Å². The van der Waals surface area contributed by atoms with Crippen LogP contribution in [-0.4, -0.2) is 50.1 Å². The highest BCUT2D eigenvalue weighted by atomic mass is 35.5. The van der Waals surface area contributed by atoms with Crippen LogP contribution in [0, 0.1) is 0 Å². The summed E-state index contributed by atoms with van der Waals surface area (Å²) in [6, 6.07) is 0. The maximum absolute atomic E-state index is 11.4. The molecule has 2 heterocycles. The summed E-state index contributed by atoms with van der Waals surface area (Å²) in [5.41, 5.74) is 0.254. The van der Waals surface area contributed by atoms with Crippen LogP contribution in [0.4, 0.5) is 0 Å². The van der Waals surface area contributed by atoms with Crippen LogP contribution in [0.3, 0.4) is 0 Å². The smallest absolute Gasteiger partial charge is 0.352 e. The molecule has 0 aliphatic carbocycles. The molecule has 0 aromatic carbocycles. The number of fused-ring (bicyclic) bond motifs is 1. The number of amides is 1. The minimum Gasteiger partial charge on any atom is -0.477 e. The molecule has 0 radical (unpaired) electrons. The summed E-state index contributed by atoms with van der Waals surface area (Å²) in [7, 11) is 0. The van der Waals surface area contributed by atoms with E-state index >= 15 is 0 Å². The van der Waals surface area contributed by atoms with Crippen LogP contribution in [0.5, 0.6) is 0 Å². The van der Waals surface area contributed by atoms with E-state index < -0.39 is 17.3 Å². The molecule has 0 aromatic rings. The van der Waals surface area contributed by atoms with E-state index in [4.69, 9.17) is 21.8 Å². The summed E-state index contributed by atoms with van der Waals surface area (Å²) in [4.78, 5) is 23.5. The first-order valence-corrected chi connectivity index (χ1v) is 5.71. The summed E-state index contributed by atoms with van der Waals surface area (Å²) in [5.74, 6) is -1.20. The first-order valence-electron chi connectivity index (χ1n) is 4.23. The number of alkyl halides is 1. The molecule has 5 nitrogen and oxygen atoms in total. The average Bonchev–Trinajstić information content (AvgIpc) is 2.25. The third-order valence-corrected chi connectivity index (χ3v) is 4.29. The molecule has 82 valence electrons. The fourth-order valence-electron chi connectivity index (χ4n) is 1.62. The van der Waals surface area contributed by atoms with Crippen LogP contribution < -0.4 is 0 Å². The second-order valence-corrected chi connectivity index (χ2v) is 4.80. The Morgan fingerprint density at radius 2 is 2.33 bits per heavy atom. The van der Waals surface area contributed by atoms with Gasteiger partial charge >= 0.3 is 5.97 Å². The van der Waals surface area contributed by atoms with Gasteiger partial charge in [-0.3, -0.25) is 9.69 Å². The molecule has 7 heteroatoms. The standard InChI is InChI=1S/C8H8ClNO4S/c9-4-6(12)10-5(8(13)14)3(1-11)2-15-7(4)10/h4,7,11H,1-2H2,(H,13,14)/t4-,7+/m0/s1. The largest absolute Gasteiger partial charge is 0.477 e. The predicted octanol–water partition coefficient (Wildman–Crippen LogP) is -0.160. The fourth-order valence-corrected chi connectivity index (χ4v) is 3.30. The molecule has 2 atom stereocenters. The molecule has 2 rings (SSSR count). The number of nitrogens with zero attached hydrogens (tertiary/aromatic N) is 1. The zero-order valence-electron chi connectivity index (χ0n) is 7.51. The summed E-state index contributed by atoms with van der Waals surface area (Å²) >= 11 is 7.11. The van der Waals surface area contributed by atoms with Crippen LogP contribution in [-0.2, 0) is 9.59 Å². The number of aliphatic carboxylic acids is 1. The highest BCUT2D eigenvalue weighted by molar-refractivity contribution is 8.00. The molecule has 15 heavy (non-hydrogen) atoms. The van der Waals surface area contributed by atoms with E-state index in [1.54, 1.807) is 0 Å². The van der Waals surface area contributed by atoms with Crippen molar-refractivity contribution in [1.82, 2.24) is 4.90 Å². The number of halogens is 1. The third kappa shape index (κ3) is 1.44. The van der Waals surface area contributed by atoms with Gasteiger partial charge in [-0.15, -0.1) is 23.4 Å². The summed E-state index contributed by atoms with van der Waals surface area (Å²) in [6.45, 7) is -0.349. The maximum Gasteiger partial charge on any atom is 0.352 e. The summed E-state index contributed by atoms with van der Waals surface area (Å²) < 4.78 is 0. The van der Waals surface area contributed by atoms with Crippen molar-refractivity contribution in [2.75, 3.05) is 12.4 Å². The molecule has 0 bridgehead atoms. The van der Waals surface area contributed by atoms with Crippen molar-refractivity contribution in [3.8, 4) is 0 Å².